The molecule has 0 saturated carbocycles. The molecule has 0 aromatic carbocycles. The van der Waals surface area contributed by atoms with Crippen LogP contribution in [0.25, 0.3) is 0 Å². The zero-order chi connectivity index (χ0) is 9.56. The number of halogens is 1. The Morgan fingerprint density at radius 3 is 2.25 bits per heavy atom. The molecule has 1 atom stereocenters. The summed E-state index contributed by atoms with van der Waals surface area (Å²) in [6, 6.07) is 0. The van der Waals surface area contributed by atoms with Gasteiger partial charge in [-0.05, 0) is 42.4 Å². The number of allylic oxidation sites excluding steroid dienone is 3. The third-order valence-electron chi connectivity index (χ3n) is 1.35. The summed E-state index contributed by atoms with van der Waals surface area (Å²) in [6.07, 6.45) is 6.06. The summed E-state index contributed by atoms with van der Waals surface area (Å²) in [5.74, 6) is 0. The van der Waals surface area contributed by atoms with Crippen molar-refractivity contribution in [3.8, 4) is 0 Å². The summed E-state index contributed by atoms with van der Waals surface area (Å²) >= 11 is 0. The van der Waals surface area contributed by atoms with Gasteiger partial charge in [-0.3, -0.25) is 0 Å². The summed E-state index contributed by atoms with van der Waals surface area (Å²) in [6.45, 7) is 9.84. The molecule has 0 rings (SSSR count). The van der Waals surface area contributed by atoms with Gasteiger partial charge in [-0.25, -0.2) is 0 Å². The summed E-state index contributed by atoms with van der Waals surface area (Å²) in [7, 11) is 7.02. The number of hydrogen-bond donors (Lipinski definition) is 0. The second-order valence-electron chi connectivity index (χ2n) is 2.91. The highest BCUT2D eigenvalue weighted by molar-refractivity contribution is 8.21. The zero-order valence-corrected chi connectivity index (χ0v) is 9.38. The van der Waals surface area contributed by atoms with Crippen LogP contribution >= 0.6 is 21.7 Å². The summed E-state index contributed by atoms with van der Waals surface area (Å²) < 4.78 is 0. The van der Waals surface area contributed by atoms with Crippen LogP contribution in [0, 0.1) is 0 Å². The van der Waals surface area contributed by atoms with Gasteiger partial charge in [-0.1, -0.05) is 36.0 Å². The van der Waals surface area contributed by atoms with Crippen molar-refractivity contribution in [2.45, 2.75) is 26.0 Å². The molecule has 0 aromatic rings. The Kier molecular flexibility index (Phi) is 6.31. The van der Waals surface area contributed by atoms with Gasteiger partial charge >= 0.3 is 0 Å². The monoisotopic (exact) mass is 202 g/mol. The van der Waals surface area contributed by atoms with Crippen LogP contribution in [0.3, 0.4) is 0 Å². The van der Waals surface area contributed by atoms with Crippen LogP contribution in [0.15, 0.2) is 36.0 Å². The van der Waals surface area contributed by atoms with Gasteiger partial charge < -0.3 is 0 Å². The van der Waals surface area contributed by atoms with Crippen LogP contribution in [0.1, 0.15) is 20.8 Å². The molecule has 1 unspecified atom stereocenters. The van der Waals surface area contributed by atoms with Crippen molar-refractivity contribution in [1.82, 2.24) is 0 Å². The molecule has 0 bridgehead atoms. The first kappa shape index (κ1) is 11.9. The van der Waals surface area contributed by atoms with E-state index in [-0.39, 0.29) is 5.25 Å². The Balaban J connectivity index is 4.37. The van der Waals surface area contributed by atoms with Gasteiger partial charge in [0.2, 0.25) is 0 Å². The van der Waals surface area contributed by atoms with Gasteiger partial charge in [-0.15, -0.1) is 0 Å². The van der Waals surface area contributed by atoms with Crippen LogP contribution in [0.5, 0.6) is 0 Å². The standard InChI is InChI=1S/C10H15ClS/c1-5-9(4)7-10(12-11)6-8(2)3/h5-7,10H,1H2,2-4H3/b9-7+. The lowest BCUT2D eigenvalue weighted by molar-refractivity contribution is 1.28. The smallest absolute Gasteiger partial charge is 0.0567 e. The fourth-order valence-electron chi connectivity index (χ4n) is 0.755. The lowest BCUT2D eigenvalue weighted by Crippen LogP contribution is -1.91. The third kappa shape index (κ3) is 5.50. The lowest BCUT2D eigenvalue weighted by Gasteiger charge is -2.03. The van der Waals surface area contributed by atoms with Crippen LogP contribution in [0.4, 0.5) is 0 Å². The highest BCUT2D eigenvalue weighted by Crippen LogP contribution is 2.21. The van der Waals surface area contributed by atoms with Crippen molar-refractivity contribution < 1.29 is 0 Å². The maximum absolute atomic E-state index is 5.71. The SMILES string of the molecule is C=C/C(C)=C/C(C=C(C)C)SCl. The van der Waals surface area contributed by atoms with E-state index >= 15 is 0 Å². The van der Waals surface area contributed by atoms with E-state index in [4.69, 9.17) is 10.7 Å². The average molecular weight is 203 g/mol. The zero-order valence-electron chi connectivity index (χ0n) is 7.80. The molecule has 0 heterocycles. The molecule has 0 fully saturated rings. The van der Waals surface area contributed by atoms with E-state index in [0.717, 1.165) is 5.57 Å². The van der Waals surface area contributed by atoms with Gasteiger partial charge in [0.25, 0.3) is 0 Å². The minimum Gasteiger partial charge on any atom is -0.0988 e. The van der Waals surface area contributed by atoms with Crippen molar-refractivity contribution in [3.63, 3.8) is 0 Å². The van der Waals surface area contributed by atoms with Crippen LogP contribution in [0.2, 0.25) is 0 Å². The van der Waals surface area contributed by atoms with Crippen molar-refractivity contribution in [2.75, 3.05) is 0 Å². The molecule has 0 aliphatic heterocycles. The molecule has 0 aliphatic rings. The van der Waals surface area contributed by atoms with Crippen LogP contribution < -0.4 is 0 Å². The maximum Gasteiger partial charge on any atom is 0.0567 e. The van der Waals surface area contributed by atoms with Crippen LogP contribution in [-0.2, 0) is 0 Å². The normalized spacial score (nSPS) is 13.8. The number of hydrogen-bond acceptors (Lipinski definition) is 1. The maximum atomic E-state index is 5.71. The molecule has 2 heteroatoms. The van der Waals surface area contributed by atoms with E-state index in [0.29, 0.717) is 0 Å². The van der Waals surface area contributed by atoms with E-state index in [9.17, 15) is 0 Å². The van der Waals surface area contributed by atoms with E-state index < -0.39 is 0 Å². The Labute approximate surface area is 83.9 Å². The quantitative estimate of drug-likeness (QED) is 0.483. The summed E-state index contributed by atoms with van der Waals surface area (Å²) in [4.78, 5) is 0. The first-order chi connectivity index (χ1) is 5.60. The minimum absolute atomic E-state index is 0.259. The molecule has 0 spiro atoms. The fourth-order valence-corrected chi connectivity index (χ4v) is 1.65. The average Bonchev–Trinajstić information content (AvgIpc) is 2.02. The first-order valence-electron chi connectivity index (χ1n) is 3.83. The Bertz CT molecular complexity index is 200. The lowest BCUT2D eigenvalue weighted by atomic mass is 10.2. The number of rotatable bonds is 4. The van der Waals surface area contributed by atoms with E-state index in [1.807, 2.05) is 13.0 Å². The predicted molar refractivity (Wildman–Crippen MR) is 60.6 cm³/mol. The highest BCUT2D eigenvalue weighted by atomic mass is 35.7. The van der Waals surface area contributed by atoms with E-state index in [1.54, 1.807) is 0 Å². The second-order valence-corrected chi connectivity index (χ2v) is 4.17. The van der Waals surface area contributed by atoms with Crippen molar-refractivity contribution >= 4 is 21.7 Å². The molecule has 0 saturated heterocycles. The van der Waals surface area contributed by atoms with E-state index in [1.165, 1.54) is 16.5 Å². The summed E-state index contributed by atoms with van der Waals surface area (Å²) in [5, 5.41) is 0.259. The molecule has 68 valence electrons. The van der Waals surface area contributed by atoms with Gasteiger partial charge in [-0.2, -0.15) is 0 Å². The third-order valence-corrected chi connectivity index (χ3v) is 2.44. The molecule has 12 heavy (non-hydrogen) atoms. The predicted octanol–water partition coefficient (Wildman–Crippen LogP) is 4.34. The highest BCUT2D eigenvalue weighted by Gasteiger charge is 1.99. The van der Waals surface area contributed by atoms with Crippen molar-refractivity contribution in [2.24, 2.45) is 0 Å². The largest absolute Gasteiger partial charge is 0.0988 e. The van der Waals surface area contributed by atoms with E-state index in [2.05, 4.69) is 32.6 Å². The Hall–Kier alpha value is -0.140. The molecule has 0 amide bonds. The topological polar surface area (TPSA) is 0 Å². The second kappa shape index (κ2) is 6.38. The molecular formula is C10H15ClS. The fraction of sp³-hybridized carbons (Fsp3) is 0.400. The summed E-state index contributed by atoms with van der Waals surface area (Å²) in [5.41, 5.74) is 2.44. The van der Waals surface area contributed by atoms with Gasteiger partial charge in [0.1, 0.15) is 0 Å². The van der Waals surface area contributed by atoms with Crippen molar-refractivity contribution in [1.29, 1.82) is 0 Å². The molecule has 0 nitrogen and oxygen atoms in total. The Morgan fingerprint density at radius 2 is 1.92 bits per heavy atom. The molecular weight excluding hydrogens is 188 g/mol. The first-order valence-corrected chi connectivity index (χ1v) is 5.54. The Morgan fingerprint density at radius 1 is 1.33 bits per heavy atom. The van der Waals surface area contributed by atoms with Crippen molar-refractivity contribution in [3.05, 3.63) is 36.0 Å². The minimum atomic E-state index is 0.259. The molecule has 0 aliphatic carbocycles. The van der Waals surface area contributed by atoms with Gasteiger partial charge in [0.15, 0.2) is 0 Å². The molecule has 0 N–H and O–H groups in total. The molecule has 0 aromatic heterocycles. The van der Waals surface area contributed by atoms with Gasteiger partial charge in [0, 0.05) is 0 Å². The molecule has 0 radical (unpaired) electrons. The van der Waals surface area contributed by atoms with Crippen LogP contribution in [-0.4, -0.2) is 5.25 Å². The van der Waals surface area contributed by atoms with Gasteiger partial charge in [0.05, 0.1) is 5.25 Å².